The van der Waals surface area contributed by atoms with Gasteiger partial charge in [-0.25, -0.2) is 4.79 Å². The molecule has 0 amide bonds. The molecule has 5 nitrogen and oxygen atoms in total. The first kappa shape index (κ1) is 10.6. The minimum absolute atomic E-state index is 0.334. The third-order valence-electron chi connectivity index (χ3n) is 1.75. The van der Waals surface area contributed by atoms with Crippen LogP contribution in [0.3, 0.4) is 0 Å². The Bertz CT molecular complexity index is 410. The van der Waals surface area contributed by atoms with Crippen molar-refractivity contribution in [1.82, 2.24) is 14.9 Å². The summed E-state index contributed by atoms with van der Waals surface area (Å²) in [5.74, 6) is -0.943. The summed E-state index contributed by atoms with van der Waals surface area (Å²) < 4.78 is 13.9. The number of halogens is 1. The van der Waals surface area contributed by atoms with Gasteiger partial charge in [0.1, 0.15) is 0 Å². The van der Waals surface area contributed by atoms with Gasteiger partial charge in [0.2, 0.25) is 5.82 Å². The topological polar surface area (TPSA) is 66.9 Å². The Morgan fingerprint density at radius 1 is 1.57 bits per heavy atom. The molecule has 1 rings (SSSR count). The van der Waals surface area contributed by atoms with E-state index in [2.05, 4.69) is 5.32 Å². The second-order valence-electron chi connectivity index (χ2n) is 2.78. The summed E-state index contributed by atoms with van der Waals surface area (Å²) in [5.41, 5.74) is -1.57. The molecule has 0 spiro atoms. The summed E-state index contributed by atoms with van der Waals surface area (Å²) in [7, 11) is 0. The third kappa shape index (κ3) is 2.53. The highest BCUT2D eigenvalue weighted by Crippen LogP contribution is 1.83. The fourth-order valence-electron chi connectivity index (χ4n) is 1.03. The number of hydrogen-bond donors (Lipinski definition) is 2. The molecular formula is C8H12FN3O2. The van der Waals surface area contributed by atoms with Gasteiger partial charge in [0.25, 0.3) is 5.56 Å². The van der Waals surface area contributed by atoms with Crippen molar-refractivity contribution in [2.24, 2.45) is 0 Å². The van der Waals surface area contributed by atoms with E-state index in [4.69, 9.17) is 0 Å². The number of aromatic nitrogens is 2. The quantitative estimate of drug-likeness (QED) is 0.632. The van der Waals surface area contributed by atoms with Crippen molar-refractivity contribution < 1.29 is 4.39 Å². The van der Waals surface area contributed by atoms with E-state index in [1.807, 2.05) is 11.9 Å². The molecule has 1 aromatic heterocycles. The van der Waals surface area contributed by atoms with Crippen LogP contribution in [0.25, 0.3) is 0 Å². The van der Waals surface area contributed by atoms with Gasteiger partial charge in [0, 0.05) is 13.1 Å². The van der Waals surface area contributed by atoms with E-state index in [0.29, 0.717) is 13.1 Å². The fraction of sp³-hybridized carbons (Fsp3) is 0.500. The molecule has 14 heavy (non-hydrogen) atoms. The van der Waals surface area contributed by atoms with Gasteiger partial charge in [-0.05, 0) is 6.54 Å². The molecule has 1 heterocycles. The van der Waals surface area contributed by atoms with E-state index in [9.17, 15) is 14.0 Å². The van der Waals surface area contributed by atoms with E-state index in [1.54, 1.807) is 0 Å². The minimum Gasteiger partial charge on any atom is -0.315 e. The maximum absolute atomic E-state index is 12.7. The van der Waals surface area contributed by atoms with Gasteiger partial charge >= 0.3 is 5.69 Å². The van der Waals surface area contributed by atoms with E-state index in [1.165, 1.54) is 0 Å². The monoisotopic (exact) mass is 201 g/mol. The van der Waals surface area contributed by atoms with E-state index < -0.39 is 17.1 Å². The lowest BCUT2D eigenvalue weighted by Crippen LogP contribution is -2.34. The minimum atomic E-state index is -0.977. The van der Waals surface area contributed by atoms with Crippen LogP contribution < -0.4 is 16.6 Å². The van der Waals surface area contributed by atoms with Crippen molar-refractivity contribution in [3.63, 3.8) is 0 Å². The van der Waals surface area contributed by atoms with Crippen LogP contribution in [-0.4, -0.2) is 22.6 Å². The van der Waals surface area contributed by atoms with Gasteiger partial charge in [0.15, 0.2) is 0 Å². The van der Waals surface area contributed by atoms with Crippen LogP contribution in [0, 0.1) is 5.82 Å². The van der Waals surface area contributed by atoms with Gasteiger partial charge in [-0.3, -0.25) is 14.3 Å². The zero-order valence-corrected chi connectivity index (χ0v) is 7.84. The van der Waals surface area contributed by atoms with Crippen LogP contribution >= 0.6 is 0 Å². The molecule has 0 aromatic carbocycles. The molecule has 2 N–H and O–H groups in total. The summed E-state index contributed by atoms with van der Waals surface area (Å²) in [6.45, 7) is 3.60. The Balaban J connectivity index is 2.82. The first-order valence-corrected chi connectivity index (χ1v) is 4.35. The molecule has 0 saturated carbocycles. The third-order valence-corrected chi connectivity index (χ3v) is 1.75. The second-order valence-corrected chi connectivity index (χ2v) is 2.78. The van der Waals surface area contributed by atoms with Gasteiger partial charge < -0.3 is 5.32 Å². The number of H-pyrrole nitrogens is 1. The second kappa shape index (κ2) is 4.71. The predicted molar refractivity (Wildman–Crippen MR) is 49.8 cm³/mol. The van der Waals surface area contributed by atoms with E-state index in [-0.39, 0.29) is 0 Å². The van der Waals surface area contributed by atoms with Crippen molar-refractivity contribution in [1.29, 1.82) is 0 Å². The van der Waals surface area contributed by atoms with Crippen molar-refractivity contribution in [3.05, 3.63) is 32.9 Å². The lowest BCUT2D eigenvalue weighted by atomic mass is 10.5. The molecule has 0 aliphatic rings. The normalized spacial score (nSPS) is 10.4. The summed E-state index contributed by atoms with van der Waals surface area (Å²) in [6.07, 6.45) is 0.915. The Morgan fingerprint density at radius 2 is 2.29 bits per heavy atom. The molecule has 0 bridgehead atoms. The van der Waals surface area contributed by atoms with Crippen LogP contribution in [0.4, 0.5) is 4.39 Å². The molecule has 1 aromatic rings. The average molecular weight is 201 g/mol. The van der Waals surface area contributed by atoms with Crippen LogP contribution in [0.2, 0.25) is 0 Å². The highest BCUT2D eigenvalue weighted by molar-refractivity contribution is 4.87. The maximum Gasteiger partial charge on any atom is 0.328 e. The summed E-state index contributed by atoms with van der Waals surface area (Å²) >= 11 is 0. The first-order chi connectivity index (χ1) is 6.65. The molecule has 0 aliphatic heterocycles. The first-order valence-electron chi connectivity index (χ1n) is 4.35. The highest BCUT2D eigenvalue weighted by Gasteiger charge is 2.02. The Morgan fingerprint density at radius 3 is 2.93 bits per heavy atom. The van der Waals surface area contributed by atoms with Crippen molar-refractivity contribution >= 4 is 0 Å². The van der Waals surface area contributed by atoms with Crippen LogP contribution in [0.1, 0.15) is 6.92 Å². The zero-order valence-electron chi connectivity index (χ0n) is 7.84. The number of nitrogens with one attached hydrogen (secondary N) is 2. The van der Waals surface area contributed by atoms with Gasteiger partial charge in [-0.15, -0.1) is 0 Å². The predicted octanol–water partition coefficient (Wildman–Crippen LogP) is -0.715. The Hall–Kier alpha value is -1.43. The Labute approximate surface area is 79.6 Å². The lowest BCUT2D eigenvalue weighted by molar-refractivity contribution is 0.534. The van der Waals surface area contributed by atoms with E-state index in [0.717, 1.165) is 17.3 Å². The molecule has 0 unspecified atom stereocenters. The number of rotatable bonds is 4. The number of nitrogens with zero attached hydrogens (tertiary/aromatic N) is 1. The molecule has 0 atom stereocenters. The molecular weight excluding hydrogens is 189 g/mol. The number of likely N-dealkylation sites (N-methyl/N-ethyl adjacent to an activating group) is 1. The van der Waals surface area contributed by atoms with Gasteiger partial charge in [-0.1, -0.05) is 6.92 Å². The van der Waals surface area contributed by atoms with E-state index >= 15 is 0 Å². The standard InChI is InChI=1S/C8H12FN3O2/c1-2-10-3-4-12-5-6(9)7(13)11-8(12)14/h5,10H,2-4H2,1H3,(H,11,13,14). The van der Waals surface area contributed by atoms with Crippen LogP contribution in [-0.2, 0) is 6.54 Å². The van der Waals surface area contributed by atoms with Crippen molar-refractivity contribution in [3.8, 4) is 0 Å². The van der Waals surface area contributed by atoms with Crippen molar-refractivity contribution in [2.75, 3.05) is 13.1 Å². The fourth-order valence-corrected chi connectivity index (χ4v) is 1.03. The largest absolute Gasteiger partial charge is 0.328 e. The average Bonchev–Trinajstić information content (AvgIpc) is 2.14. The number of hydrogen-bond acceptors (Lipinski definition) is 3. The molecule has 0 saturated heterocycles. The molecule has 6 heteroatoms. The van der Waals surface area contributed by atoms with Gasteiger partial charge in [-0.2, -0.15) is 4.39 Å². The lowest BCUT2D eigenvalue weighted by Gasteiger charge is -2.04. The summed E-state index contributed by atoms with van der Waals surface area (Å²) in [4.78, 5) is 23.6. The van der Waals surface area contributed by atoms with Crippen molar-refractivity contribution in [2.45, 2.75) is 13.5 Å². The summed E-state index contributed by atoms with van der Waals surface area (Å²) in [5, 5.41) is 2.98. The SMILES string of the molecule is CCNCCn1cc(F)c(=O)[nH]c1=O. The Kier molecular flexibility index (Phi) is 3.58. The molecule has 0 fully saturated rings. The maximum atomic E-state index is 12.7. The highest BCUT2D eigenvalue weighted by atomic mass is 19.1. The number of aromatic amines is 1. The zero-order chi connectivity index (χ0) is 10.6. The van der Waals surface area contributed by atoms with Crippen LogP contribution in [0.15, 0.2) is 15.8 Å². The molecule has 0 radical (unpaired) electrons. The molecule has 78 valence electrons. The summed E-state index contributed by atoms with van der Waals surface area (Å²) in [6, 6.07) is 0. The smallest absolute Gasteiger partial charge is 0.315 e. The van der Waals surface area contributed by atoms with Crippen LogP contribution in [0.5, 0.6) is 0 Å². The molecule has 0 aliphatic carbocycles. The van der Waals surface area contributed by atoms with Gasteiger partial charge in [0.05, 0.1) is 6.20 Å².